The molecule has 2 saturated carbocycles. The lowest BCUT2D eigenvalue weighted by Crippen LogP contribution is -2.39. The van der Waals surface area contributed by atoms with Crippen molar-refractivity contribution in [3.8, 4) is 6.07 Å². The Bertz CT molecular complexity index is 552. The van der Waals surface area contributed by atoms with Crippen molar-refractivity contribution in [2.24, 2.45) is 17.8 Å². The maximum absolute atomic E-state index is 11.4. The van der Waals surface area contributed by atoms with Gasteiger partial charge in [-0.2, -0.15) is 5.26 Å². The molecule has 0 radical (unpaired) electrons. The summed E-state index contributed by atoms with van der Waals surface area (Å²) in [5.41, 5.74) is 0.347. The number of carbonyl (C=O) groups is 1. The SMILES string of the molecule is N#Cc1cccc(NC2C3CCC(C3)C2C(=O)O)n1. The number of hydrogen-bond donors (Lipinski definition) is 2. The van der Waals surface area contributed by atoms with E-state index in [4.69, 9.17) is 5.26 Å². The summed E-state index contributed by atoms with van der Waals surface area (Å²) in [6, 6.07) is 7.12. The van der Waals surface area contributed by atoms with Crippen LogP contribution in [0.5, 0.6) is 0 Å². The monoisotopic (exact) mass is 257 g/mol. The number of nitriles is 1. The molecule has 98 valence electrons. The first-order chi connectivity index (χ1) is 9.19. The number of carboxylic acids is 1. The molecule has 2 aliphatic rings. The number of aromatic nitrogens is 1. The average Bonchev–Trinajstić information content (AvgIpc) is 2.99. The van der Waals surface area contributed by atoms with Crippen LogP contribution in [0.4, 0.5) is 5.82 Å². The third-order valence-electron chi connectivity index (χ3n) is 4.38. The van der Waals surface area contributed by atoms with Gasteiger partial charge in [0.2, 0.25) is 0 Å². The first-order valence-electron chi connectivity index (χ1n) is 6.55. The van der Waals surface area contributed by atoms with Crippen LogP contribution in [0.15, 0.2) is 18.2 Å². The Morgan fingerprint density at radius 1 is 1.42 bits per heavy atom. The summed E-state index contributed by atoms with van der Waals surface area (Å²) in [6.45, 7) is 0. The molecule has 2 bridgehead atoms. The summed E-state index contributed by atoms with van der Waals surface area (Å²) in [4.78, 5) is 15.6. The largest absolute Gasteiger partial charge is 0.481 e. The van der Waals surface area contributed by atoms with Gasteiger partial charge in [-0.1, -0.05) is 6.07 Å². The van der Waals surface area contributed by atoms with E-state index in [-0.39, 0.29) is 12.0 Å². The van der Waals surface area contributed by atoms with Gasteiger partial charge >= 0.3 is 5.97 Å². The van der Waals surface area contributed by atoms with Crippen LogP contribution in [0.25, 0.3) is 0 Å². The highest BCUT2D eigenvalue weighted by atomic mass is 16.4. The van der Waals surface area contributed by atoms with Crippen molar-refractivity contribution in [1.29, 1.82) is 5.26 Å². The molecule has 3 rings (SSSR count). The van der Waals surface area contributed by atoms with Crippen LogP contribution in [0.2, 0.25) is 0 Å². The summed E-state index contributed by atoms with van der Waals surface area (Å²) in [6.07, 6.45) is 3.10. The fraction of sp³-hybridized carbons (Fsp3) is 0.500. The number of fused-ring (bicyclic) bond motifs is 2. The molecule has 1 heterocycles. The van der Waals surface area contributed by atoms with Crippen molar-refractivity contribution in [2.45, 2.75) is 25.3 Å². The molecule has 4 unspecified atom stereocenters. The van der Waals surface area contributed by atoms with E-state index in [2.05, 4.69) is 10.3 Å². The van der Waals surface area contributed by atoms with Crippen LogP contribution in [0.3, 0.4) is 0 Å². The molecule has 0 spiro atoms. The van der Waals surface area contributed by atoms with E-state index >= 15 is 0 Å². The average molecular weight is 257 g/mol. The van der Waals surface area contributed by atoms with E-state index in [1.165, 1.54) is 0 Å². The highest BCUT2D eigenvalue weighted by Gasteiger charge is 2.51. The van der Waals surface area contributed by atoms with Gasteiger partial charge in [0.1, 0.15) is 17.6 Å². The summed E-state index contributed by atoms with van der Waals surface area (Å²) in [7, 11) is 0. The molecule has 5 nitrogen and oxygen atoms in total. The van der Waals surface area contributed by atoms with Gasteiger partial charge in [-0.3, -0.25) is 4.79 Å². The van der Waals surface area contributed by atoms with Crippen molar-refractivity contribution in [3.63, 3.8) is 0 Å². The molecule has 5 heteroatoms. The van der Waals surface area contributed by atoms with E-state index in [1.807, 2.05) is 6.07 Å². The van der Waals surface area contributed by atoms with Crippen molar-refractivity contribution in [3.05, 3.63) is 23.9 Å². The number of nitrogens with zero attached hydrogens (tertiary/aromatic N) is 2. The summed E-state index contributed by atoms with van der Waals surface area (Å²) >= 11 is 0. The Kier molecular flexibility index (Phi) is 2.86. The molecule has 1 aromatic heterocycles. The number of rotatable bonds is 3. The molecule has 2 aliphatic carbocycles. The molecule has 2 fully saturated rings. The summed E-state index contributed by atoms with van der Waals surface area (Å²) < 4.78 is 0. The Balaban J connectivity index is 1.82. The van der Waals surface area contributed by atoms with Gasteiger partial charge < -0.3 is 10.4 Å². The number of aliphatic carboxylic acids is 1. The molecule has 0 saturated heterocycles. The standard InChI is InChI=1S/C14H15N3O2/c15-7-10-2-1-3-11(16-10)17-13-9-5-4-8(6-9)12(13)14(18)19/h1-3,8-9,12-13H,4-6H2,(H,16,17)(H,18,19). The zero-order chi connectivity index (χ0) is 13.4. The molecule has 0 aromatic carbocycles. The van der Waals surface area contributed by atoms with E-state index < -0.39 is 5.97 Å². The molecule has 0 aliphatic heterocycles. The first-order valence-corrected chi connectivity index (χ1v) is 6.55. The predicted octanol–water partition coefficient (Wildman–Crippen LogP) is 1.86. The fourth-order valence-electron chi connectivity index (χ4n) is 3.60. The number of nitrogens with one attached hydrogen (secondary N) is 1. The van der Waals surface area contributed by atoms with E-state index in [1.54, 1.807) is 18.2 Å². The van der Waals surface area contributed by atoms with Crippen LogP contribution < -0.4 is 5.32 Å². The Hall–Kier alpha value is -2.09. The normalized spacial score (nSPS) is 31.9. The lowest BCUT2D eigenvalue weighted by atomic mass is 9.84. The van der Waals surface area contributed by atoms with Crippen molar-refractivity contribution in [1.82, 2.24) is 4.98 Å². The van der Waals surface area contributed by atoms with Gasteiger partial charge in [-0.25, -0.2) is 4.98 Å². The van der Waals surface area contributed by atoms with Gasteiger partial charge in [0.15, 0.2) is 0 Å². The van der Waals surface area contributed by atoms with Crippen LogP contribution in [0.1, 0.15) is 25.0 Å². The minimum atomic E-state index is -0.721. The quantitative estimate of drug-likeness (QED) is 0.863. The molecular weight excluding hydrogens is 242 g/mol. The molecule has 19 heavy (non-hydrogen) atoms. The van der Waals surface area contributed by atoms with Crippen LogP contribution in [-0.4, -0.2) is 22.1 Å². The van der Waals surface area contributed by atoms with Gasteiger partial charge in [0, 0.05) is 6.04 Å². The second-order valence-electron chi connectivity index (χ2n) is 5.39. The number of hydrogen-bond acceptors (Lipinski definition) is 4. The second kappa shape index (κ2) is 4.54. The first kappa shape index (κ1) is 12.0. The Morgan fingerprint density at radius 3 is 2.95 bits per heavy atom. The Morgan fingerprint density at radius 2 is 2.21 bits per heavy atom. The smallest absolute Gasteiger partial charge is 0.308 e. The molecular formula is C14H15N3O2. The Labute approximate surface area is 111 Å². The predicted molar refractivity (Wildman–Crippen MR) is 68.3 cm³/mol. The topological polar surface area (TPSA) is 86.0 Å². The summed E-state index contributed by atoms with van der Waals surface area (Å²) in [5.74, 6) is 0.257. The van der Waals surface area contributed by atoms with Crippen molar-refractivity contribution < 1.29 is 9.90 Å². The van der Waals surface area contributed by atoms with Crippen LogP contribution >= 0.6 is 0 Å². The third-order valence-corrected chi connectivity index (χ3v) is 4.38. The van der Waals surface area contributed by atoms with E-state index in [0.717, 1.165) is 19.3 Å². The minimum Gasteiger partial charge on any atom is -0.481 e. The molecule has 0 amide bonds. The number of carboxylic acid groups (broad SMARTS) is 1. The maximum Gasteiger partial charge on any atom is 0.308 e. The van der Waals surface area contributed by atoms with Gasteiger partial charge in [-0.05, 0) is 43.2 Å². The third kappa shape index (κ3) is 2.03. The van der Waals surface area contributed by atoms with Crippen molar-refractivity contribution >= 4 is 11.8 Å². The minimum absolute atomic E-state index is 0.0577. The van der Waals surface area contributed by atoms with E-state index in [9.17, 15) is 9.90 Å². The van der Waals surface area contributed by atoms with Crippen molar-refractivity contribution in [2.75, 3.05) is 5.32 Å². The summed E-state index contributed by atoms with van der Waals surface area (Å²) in [5, 5.41) is 21.4. The van der Waals surface area contributed by atoms with Gasteiger partial charge in [0.05, 0.1) is 5.92 Å². The number of pyridine rings is 1. The lowest BCUT2D eigenvalue weighted by molar-refractivity contribution is -0.143. The highest BCUT2D eigenvalue weighted by molar-refractivity contribution is 5.73. The molecule has 1 aromatic rings. The number of anilines is 1. The lowest BCUT2D eigenvalue weighted by Gasteiger charge is -2.29. The highest BCUT2D eigenvalue weighted by Crippen LogP contribution is 2.49. The fourth-order valence-corrected chi connectivity index (χ4v) is 3.60. The van der Waals surface area contributed by atoms with Crippen LogP contribution in [0, 0.1) is 29.1 Å². The van der Waals surface area contributed by atoms with Crippen LogP contribution in [-0.2, 0) is 4.79 Å². The zero-order valence-corrected chi connectivity index (χ0v) is 10.4. The molecule has 2 N–H and O–H groups in total. The maximum atomic E-state index is 11.4. The van der Waals surface area contributed by atoms with Gasteiger partial charge in [-0.15, -0.1) is 0 Å². The zero-order valence-electron chi connectivity index (χ0n) is 10.4. The second-order valence-corrected chi connectivity index (χ2v) is 5.39. The van der Waals surface area contributed by atoms with E-state index in [0.29, 0.717) is 23.3 Å². The van der Waals surface area contributed by atoms with Gasteiger partial charge in [0.25, 0.3) is 0 Å². The molecule has 4 atom stereocenters.